The van der Waals surface area contributed by atoms with Crippen LogP contribution < -0.4 is 10.9 Å². The molecule has 0 amide bonds. The van der Waals surface area contributed by atoms with Crippen LogP contribution >= 0.6 is 0 Å². The maximum atomic E-state index is 13.2. The number of hydrogen-bond donors (Lipinski definition) is 0. The third kappa shape index (κ3) is 1.52. The van der Waals surface area contributed by atoms with Gasteiger partial charge < -0.3 is 0 Å². The van der Waals surface area contributed by atoms with Gasteiger partial charge in [0.15, 0.2) is 10.9 Å². The predicted octanol–water partition coefficient (Wildman–Crippen LogP) is 5.05. The first-order chi connectivity index (χ1) is 12.7. The maximum absolute atomic E-state index is 13.2. The van der Waals surface area contributed by atoms with Crippen molar-refractivity contribution < 1.29 is 0 Å². The highest BCUT2D eigenvalue weighted by Crippen LogP contribution is 2.34. The zero-order valence-corrected chi connectivity index (χ0v) is 13.7. The fraction of sp³-hybridized carbons (Fsp3) is 0. The summed E-state index contributed by atoms with van der Waals surface area (Å²) in [5.41, 5.74) is 0.0894. The Labute approximate surface area is 147 Å². The van der Waals surface area contributed by atoms with E-state index in [4.69, 9.17) is 0 Å². The van der Waals surface area contributed by atoms with Gasteiger partial charge >= 0.3 is 0 Å². The molecule has 6 rings (SSSR count). The van der Waals surface area contributed by atoms with Crippen LogP contribution in [-0.4, -0.2) is 0 Å². The summed E-state index contributed by atoms with van der Waals surface area (Å²) in [6, 6.07) is 23.4. The molecule has 0 heterocycles. The Morgan fingerprint density at radius 2 is 1.04 bits per heavy atom. The van der Waals surface area contributed by atoms with Gasteiger partial charge in [0.05, 0.1) is 0 Å². The lowest BCUT2D eigenvalue weighted by molar-refractivity contribution is 1.80. The second kappa shape index (κ2) is 4.55. The lowest BCUT2D eigenvalue weighted by Crippen LogP contribution is -1.95. The highest BCUT2D eigenvalue weighted by molar-refractivity contribution is 6.25. The van der Waals surface area contributed by atoms with Gasteiger partial charge in [-0.2, -0.15) is 0 Å². The fourth-order valence-electron chi connectivity index (χ4n) is 4.36. The second-order valence-corrected chi connectivity index (χ2v) is 6.86. The van der Waals surface area contributed by atoms with E-state index in [-0.39, 0.29) is 10.9 Å². The Bertz CT molecular complexity index is 1610. The van der Waals surface area contributed by atoms with Crippen molar-refractivity contribution in [3.8, 4) is 0 Å². The molecule has 0 saturated heterocycles. The Morgan fingerprint density at radius 3 is 1.85 bits per heavy atom. The molecule has 0 aliphatic rings. The molecule has 0 unspecified atom stereocenters. The maximum Gasteiger partial charge on any atom is 0.194 e. The van der Waals surface area contributed by atoms with Crippen molar-refractivity contribution in [1.29, 1.82) is 0 Å². The topological polar surface area (TPSA) is 34.1 Å². The third-order valence-corrected chi connectivity index (χ3v) is 5.56. The summed E-state index contributed by atoms with van der Waals surface area (Å²) in [7, 11) is 0. The van der Waals surface area contributed by atoms with Gasteiger partial charge in [-0.1, -0.05) is 60.7 Å². The zero-order valence-electron chi connectivity index (χ0n) is 13.7. The van der Waals surface area contributed by atoms with E-state index in [1.54, 1.807) is 0 Å². The summed E-state index contributed by atoms with van der Waals surface area (Å²) < 4.78 is 0. The summed E-state index contributed by atoms with van der Waals surface area (Å²) in [6.07, 6.45) is 0. The molecule has 0 radical (unpaired) electrons. The minimum absolute atomic E-state index is 0.0417. The first-order valence-electron chi connectivity index (χ1n) is 8.63. The van der Waals surface area contributed by atoms with Crippen LogP contribution in [-0.2, 0) is 0 Å². The zero-order chi connectivity index (χ0) is 17.4. The van der Waals surface area contributed by atoms with Crippen LogP contribution in [0, 0.1) is 0 Å². The molecule has 0 saturated carbocycles. The molecule has 6 aromatic rings. The van der Waals surface area contributed by atoms with Crippen LogP contribution in [0.5, 0.6) is 0 Å². The van der Waals surface area contributed by atoms with Crippen molar-refractivity contribution >= 4 is 53.9 Å². The van der Waals surface area contributed by atoms with Crippen LogP contribution in [0.1, 0.15) is 0 Å². The standard InChI is InChI=1S/C24H12O2/c25-23-17-8-4-3-7-15(17)18-11-21-19(12-20(18)23)16-10-9-13-5-1-2-6-14(13)22(16)24(21)26/h1-12H. The van der Waals surface area contributed by atoms with E-state index in [2.05, 4.69) is 0 Å². The van der Waals surface area contributed by atoms with Gasteiger partial charge in [0, 0.05) is 21.5 Å². The van der Waals surface area contributed by atoms with Crippen molar-refractivity contribution in [2.45, 2.75) is 0 Å². The van der Waals surface area contributed by atoms with E-state index in [9.17, 15) is 9.59 Å². The molecule has 0 aliphatic heterocycles. The Kier molecular flexibility index (Phi) is 2.41. The molecule has 6 aromatic carbocycles. The third-order valence-electron chi connectivity index (χ3n) is 5.56. The van der Waals surface area contributed by atoms with Gasteiger partial charge in [-0.25, -0.2) is 0 Å². The minimum atomic E-state index is 0.0417. The summed E-state index contributed by atoms with van der Waals surface area (Å²) in [4.78, 5) is 26.0. The van der Waals surface area contributed by atoms with E-state index >= 15 is 0 Å². The first kappa shape index (κ1) is 13.7. The number of rotatable bonds is 0. The average molecular weight is 332 g/mol. The molecule has 0 aromatic heterocycles. The van der Waals surface area contributed by atoms with Crippen LogP contribution in [0.15, 0.2) is 82.4 Å². The van der Waals surface area contributed by atoms with E-state index in [0.29, 0.717) is 10.8 Å². The number of fused-ring (bicyclic) bond motifs is 8. The van der Waals surface area contributed by atoms with Gasteiger partial charge in [0.1, 0.15) is 0 Å². The fourth-order valence-corrected chi connectivity index (χ4v) is 4.36. The quantitative estimate of drug-likeness (QED) is 0.390. The van der Waals surface area contributed by atoms with Crippen LogP contribution in [0.4, 0.5) is 0 Å². The van der Waals surface area contributed by atoms with E-state index in [0.717, 1.165) is 43.1 Å². The number of benzene rings is 4. The minimum Gasteiger partial charge on any atom is -0.289 e. The lowest BCUT2D eigenvalue weighted by Gasteiger charge is -1.99. The van der Waals surface area contributed by atoms with Crippen LogP contribution in [0.3, 0.4) is 0 Å². The molecule has 2 heteroatoms. The van der Waals surface area contributed by atoms with Crippen molar-refractivity contribution in [2.24, 2.45) is 0 Å². The SMILES string of the molecule is O=c1c2ccccc2c2cc3c(=O)c4c5ccccc5ccc4c3cc12. The summed E-state index contributed by atoms with van der Waals surface area (Å²) in [5, 5.41) is 8.47. The van der Waals surface area contributed by atoms with Crippen molar-refractivity contribution in [3.63, 3.8) is 0 Å². The van der Waals surface area contributed by atoms with Gasteiger partial charge in [0.2, 0.25) is 0 Å². The summed E-state index contributed by atoms with van der Waals surface area (Å²) in [6.45, 7) is 0. The molecule has 0 bridgehead atoms. The molecule has 0 fully saturated rings. The normalized spacial score (nSPS) is 12.2. The smallest absolute Gasteiger partial charge is 0.194 e. The molecule has 0 atom stereocenters. The van der Waals surface area contributed by atoms with Crippen LogP contribution in [0.2, 0.25) is 0 Å². The molecule has 0 spiro atoms. The Morgan fingerprint density at radius 1 is 0.423 bits per heavy atom. The van der Waals surface area contributed by atoms with Gasteiger partial charge in [-0.3, -0.25) is 9.59 Å². The second-order valence-electron chi connectivity index (χ2n) is 6.86. The Balaban J connectivity index is 1.93. The summed E-state index contributed by atoms with van der Waals surface area (Å²) in [5.74, 6) is 0. The highest BCUT2D eigenvalue weighted by Gasteiger charge is 2.17. The van der Waals surface area contributed by atoms with E-state index in [1.165, 1.54) is 0 Å². The summed E-state index contributed by atoms with van der Waals surface area (Å²) >= 11 is 0. The number of hydrogen-bond acceptors (Lipinski definition) is 2. The molecule has 2 nitrogen and oxygen atoms in total. The predicted molar refractivity (Wildman–Crippen MR) is 109 cm³/mol. The van der Waals surface area contributed by atoms with Gasteiger partial charge in [-0.15, -0.1) is 0 Å². The van der Waals surface area contributed by atoms with E-state index < -0.39 is 0 Å². The Hall–Kier alpha value is -3.52. The van der Waals surface area contributed by atoms with Crippen LogP contribution in [0.25, 0.3) is 53.9 Å². The van der Waals surface area contributed by atoms with Crippen molar-refractivity contribution in [2.75, 3.05) is 0 Å². The molecule has 0 N–H and O–H groups in total. The first-order valence-corrected chi connectivity index (χ1v) is 8.63. The lowest BCUT2D eigenvalue weighted by atomic mass is 10.0. The molecule has 26 heavy (non-hydrogen) atoms. The van der Waals surface area contributed by atoms with Crippen molar-refractivity contribution in [3.05, 3.63) is 93.2 Å². The average Bonchev–Trinajstić information content (AvgIpc) is 3.13. The monoisotopic (exact) mass is 332 g/mol. The largest absolute Gasteiger partial charge is 0.289 e. The molecular formula is C24H12O2. The van der Waals surface area contributed by atoms with Gasteiger partial charge in [-0.05, 0) is 44.5 Å². The molecular weight excluding hydrogens is 320 g/mol. The van der Waals surface area contributed by atoms with Crippen molar-refractivity contribution in [1.82, 2.24) is 0 Å². The van der Waals surface area contributed by atoms with Gasteiger partial charge in [0.25, 0.3) is 0 Å². The van der Waals surface area contributed by atoms with E-state index in [1.807, 2.05) is 72.8 Å². The molecule has 0 aliphatic carbocycles. The molecule has 120 valence electrons. The highest BCUT2D eigenvalue weighted by atomic mass is 16.1.